The third-order valence-electron chi connectivity index (χ3n) is 5.52. The number of aliphatic hydroxyl groups excluding tert-OH is 1. The van der Waals surface area contributed by atoms with Gasteiger partial charge in [-0.25, -0.2) is 14.4 Å². The van der Waals surface area contributed by atoms with Crippen molar-refractivity contribution in [2.75, 3.05) is 28.4 Å². The summed E-state index contributed by atoms with van der Waals surface area (Å²) in [6.45, 7) is 0. The number of methoxy groups -OCH3 is 4. The van der Waals surface area contributed by atoms with Gasteiger partial charge in [-0.2, -0.15) is 0 Å². The monoisotopic (exact) mass is 502 g/mol. The van der Waals surface area contributed by atoms with Gasteiger partial charge in [0.1, 0.15) is 12.2 Å². The van der Waals surface area contributed by atoms with E-state index in [2.05, 4.69) is 0 Å². The number of hydrogen-bond donors (Lipinski definition) is 2. The van der Waals surface area contributed by atoms with Crippen molar-refractivity contribution >= 4 is 17.9 Å². The van der Waals surface area contributed by atoms with Gasteiger partial charge in [0.05, 0.1) is 39.6 Å². The third kappa shape index (κ3) is 5.69. The topological polar surface area (TPSA) is 147 Å². The Hall–Kier alpha value is -4.25. The summed E-state index contributed by atoms with van der Waals surface area (Å²) in [5.74, 6) is -1.65. The second-order valence-corrected chi connectivity index (χ2v) is 7.64. The summed E-state index contributed by atoms with van der Waals surface area (Å²) in [7, 11) is 5.68. The van der Waals surface area contributed by atoms with Gasteiger partial charge in [-0.1, -0.05) is 0 Å². The Morgan fingerprint density at radius 1 is 0.750 bits per heavy atom. The number of esters is 2. The van der Waals surface area contributed by atoms with E-state index in [1.807, 2.05) is 0 Å². The lowest BCUT2D eigenvalue weighted by Gasteiger charge is -2.32. The molecule has 0 saturated carbocycles. The number of carbonyl (C=O) groups excluding carboxylic acids is 2. The van der Waals surface area contributed by atoms with E-state index in [-0.39, 0.29) is 34.6 Å². The van der Waals surface area contributed by atoms with Crippen LogP contribution in [0.3, 0.4) is 0 Å². The predicted molar refractivity (Wildman–Crippen MR) is 124 cm³/mol. The molecular formula is C25H26O11. The molecule has 3 rings (SSSR count). The van der Waals surface area contributed by atoms with E-state index < -0.39 is 36.2 Å². The van der Waals surface area contributed by atoms with E-state index >= 15 is 0 Å². The molecule has 0 unspecified atom stereocenters. The van der Waals surface area contributed by atoms with Gasteiger partial charge in [0.25, 0.3) is 0 Å². The van der Waals surface area contributed by atoms with Crippen LogP contribution >= 0.6 is 0 Å². The zero-order chi connectivity index (χ0) is 26.4. The summed E-state index contributed by atoms with van der Waals surface area (Å²) in [6.07, 6.45) is -3.40. The minimum absolute atomic E-state index is 0.0783. The minimum atomic E-state index is -1.53. The maximum absolute atomic E-state index is 12.8. The second-order valence-electron chi connectivity index (χ2n) is 7.64. The molecule has 0 fully saturated rings. The van der Waals surface area contributed by atoms with Crippen LogP contribution in [0.2, 0.25) is 0 Å². The molecule has 0 amide bonds. The SMILES string of the molecule is COc1ccc(C(=O)O[C@@H]2C=C(C(=O)O)C[C@@H](OC(=O)c3ccc(OC)c(OC)c3)[C@@H]2O)cc1OC. The zero-order valence-electron chi connectivity index (χ0n) is 20.0. The summed E-state index contributed by atoms with van der Waals surface area (Å²) in [5, 5.41) is 20.3. The van der Waals surface area contributed by atoms with E-state index in [0.29, 0.717) is 11.5 Å². The molecule has 2 N–H and O–H groups in total. The van der Waals surface area contributed by atoms with Crippen molar-refractivity contribution in [3.8, 4) is 23.0 Å². The first-order chi connectivity index (χ1) is 17.2. The lowest BCUT2D eigenvalue weighted by Crippen LogP contribution is -2.45. The number of benzene rings is 2. The minimum Gasteiger partial charge on any atom is -0.493 e. The Morgan fingerprint density at radius 3 is 1.67 bits per heavy atom. The van der Waals surface area contributed by atoms with Crippen LogP contribution in [0.5, 0.6) is 23.0 Å². The van der Waals surface area contributed by atoms with E-state index in [0.717, 1.165) is 6.08 Å². The van der Waals surface area contributed by atoms with E-state index in [9.17, 15) is 24.6 Å². The van der Waals surface area contributed by atoms with Crippen molar-refractivity contribution in [2.24, 2.45) is 0 Å². The Labute approximate surface area is 206 Å². The Bertz CT molecular complexity index is 1170. The van der Waals surface area contributed by atoms with Gasteiger partial charge >= 0.3 is 17.9 Å². The van der Waals surface area contributed by atoms with Crippen LogP contribution in [0.4, 0.5) is 0 Å². The molecule has 2 aromatic carbocycles. The van der Waals surface area contributed by atoms with Crippen LogP contribution in [0.15, 0.2) is 48.0 Å². The third-order valence-corrected chi connectivity index (χ3v) is 5.52. The van der Waals surface area contributed by atoms with Crippen molar-refractivity contribution < 1.29 is 53.0 Å². The molecular weight excluding hydrogens is 476 g/mol. The molecule has 2 aromatic rings. The Balaban J connectivity index is 1.81. The molecule has 0 aliphatic heterocycles. The zero-order valence-corrected chi connectivity index (χ0v) is 20.0. The molecule has 11 heteroatoms. The van der Waals surface area contributed by atoms with Crippen LogP contribution in [-0.2, 0) is 14.3 Å². The highest BCUT2D eigenvalue weighted by Crippen LogP contribution is 2.31. The Kier molecular flexibility index (Phi) is 8.38. The van der Waals surface area contributed by atoms with Crippen molar-refractivity contribution in [3.05, 3.63) is 59.2 Å². The average molecular weight is 502 g/mol. The quantitative estimate of drug-likeness (QED) is 0.487. The van der Waals surface area contributed by atoms with Gasteiger partial charge in [-0.05, 0) is 42.5 Å². The maximum Gasteiger partial charge on any atom is 0.338 e. The van der Waals surface area contributed by atoms with Crippen LogP contribution in [0, 0.1) is 0 Å². The number of carboxylic acid groups (broad SMARTS) is 1. The van der Waals surface area contributed by atoms with Crippen molar-refractivity contribution in [1.82, 2.24) is 0 Å². The smallest absolute Gasteiger partial charge is 0.338 e. The molecule has 192 valence electrons. The molecule has 3 atom stereocenters. The Morgan fingerprint density at radius 2 is 1.22 bits per heavy atom. The second kappa shape index (κ2) is 11.5. The lowest BCUT2D eigenvalue weighted by atomic mass is 9.91. The van der Waals surface area contributed by atoms with Crippen molar-refractivity contribution in [1.29, 1.82) is 0 Å². The van der Waals surface area contributed by atoms with E-state index in [1.54, 1.807) is 0 Å². The summed E-state index contributed by atoms with van der Waals surface area (Å²) in [6, 6.07) is 8.63. The number of aliphatic hydroxyl groups is 1. The highest BCUT2D eigenvalue weighted by atomic mass is 16.6. The van der Waals surface area contributed by atoms with E-state index in [4.69, 9.17) is 28.4 Å². The van der Waals surface area contributed by atoms with Gasteiger partial charge in [-0.3, -0.25) is 0 Å². The largest absolute Gasteiger partial charge is 0.493 e. The van der Waals surface area contributed by atoms with Gasteiger partial charge in [-0.15, -0.1) is 0 Å². The number of hydrogen-bond acceptors (Lipinski definition) is 10. The number of rotatable bonds is 9. The molecule has 0 spiro atoms. The average Bonchev–Trinajstić information content (AvgIpc) is 2.89. The standard InChI is InChI=1S/C25H26O11/c1-31-16-7-5-13(9-18(16)33-3)24(29)35-20-11-15(23(27)28)12-21(22(20)26)36-25(30)14-6-8-17(32-2)19(10-14)34-4/h5-11,20-22,26H,12H2,1-4H3,(H,27,28)/t20-,21-,22-/m1/s1. The van der Waals surface area contributed by atoms with Crippen LogP contribution < -0.4 is 18.9 Å². The van der Waals surface area contributed by atoms with Crippen LogP contribution in [-0.4, -0.2) is 74.9 Å². The summed E-state index contributed by atoms with van der Waals surface area (Å²) in [5.41, 5.74) is -0.0183. The molecule has 11 nitrogen and oxygen atoms in total. The number of carboxylic acids is 1. The summed E-state index contributed by atoms with van der Waals surface area (Å²) < 4.78 is 31.4. The molecule has 0 aromatic heterocycles. The van der Waals surface area contributed by atoms with Crippen LogP contribution in [0.25, 0.3) is 0 Å². The molecule has 36 heavy (non-hydrogen) atoms. The fourth-order valence-corrected chi connectivity index (χ4v) is 3.61. The first-order valence-electron chi connectivity index (χ1n) is 10.7. The molecule has 0 saturated heterocycles. The number of ether oxygens (including phenoxy) is 6. The summed E-state index contributed by atoms with van der Waals surface area (Å²) >= 11 is 0. The maximum atomic E-state index is 12.8. The first kappa shape index (κ1) is 26.4. The number of aliphatic carboxylic acids is 1. The fraction of sp³-hybridized carbons (Fsp3) is 0.320. The van der Waals surface area contributed by atoms with Crippen LogP contribution in [0.1, 0.15) is 27.1 Å². The van der Waals surface area contributed by atoms with Crippen molar-refractivity contribution in [2.45, 2.75) is 24.7 Å². The molecule has 0 radical (unpaired) electrons. The predicted octanol–water partition coefficient (Wildman–Crippen LogP) is 2.25. The van der Waals surface area contributed by atoms with Crippen molar-refractivity contribution in [3.63, 3.8) is 0 Å². The van der Waals surface area contributed by atoms with Gasteiger partial charge < -0.3 is 38.6 Å². The molecule has 1 aliphatic carbocycles. The lowest BCUT2D eigenvalue weighted by molar-refractivity contribution is -0.134. The molecule has 0 heterocycles. The van der Waals surface area contributed by atoms with Gasteiger partial charge in [0.15, 0.2) is 29.1 Å². The summed E-state index contributed by atoms with van der Waals surface area (Å²) in [4.78, 5) is 37.2. The normalized spacial score (nSPS) is 18.9. The van der Waals surface area contributed by atoms with Gasteiger partial charge in [0.2, 0.25) is 0 Å². The fourth-order valence-electron chi connectivity index (χ4n) is 3.61. The first-order valence-corrected chi connectivity index (χ1v) is 10.7. The highest BCUT2D eigenvalue weighted by Gasteiger charge is 2.39. The molecule has 1 aliphatic rings. The van der Waals surface area contributed by atoms with E-state index in [1.165, 1.54) is 64.8 Å². The highest BCUT2D eigenvalue weighted by molar-refractivity contribution is 5.92. The number of carbonyl (C=O) groups is 3. The van der Waals surface area contributed by atoms with Gasteiger partial charge in [0, 0.05) is 12.0 Å². The molecule has 0 bridgehead atoms.